The van der Waals surface area contributed by atoms with Gasteiger partial charge in [0, 0.05) is 48.8 Å². The zero-order valence-corrected chi connectivity index (χ0v) is 16.3. The lowest BCUT2D eigenvalue weighted by atomic mass is 10.1. The van der Waals surface area contributed by atoms with E-state index in [1.807, 2.05) is 42.5 Å². The molecule has 0 aliphatic carbocycles. The van der Waals surface area contributed by atoms with E-state index in [0.29, 0.717) is 22.9 Å². The molecule has 0 bridgehead atoms. The lowest BCUT2D eigenvalue weighted by molar-refractivity contribution is 0.102. The number of hydrogen-bond donors (Lipinski definition) is 1. The quantitative estimate of drug-likeness (QED) is 0.563. The van der Waals surface area contributed by atoms with Gasteiger partial charge in [0.1, 0.15) is 0 Å². The lowest BCUT2D eigenvalue weighted by Gasteiger charge is -2.17. The summed E-state index contributed by atoms with van der Waals surface area (Å²) in [5, 5.41) is 3.90. The second kappa shape index (κ2) is 7.87. The summed E-state index contributed by atoms with van der Waals surface area (Å²) < 4.78 is 0. The van der Waals surface area contributed by atoms with Crippen LogP contribution in [0.3, 0.4) is 0 Å². The Morgan fingerprint density at radius 3 is 2.60 bits per heavy atom. The van der Waals surface area contributed by atoms with Crippen molar-refractivity contribution in [3.8, 4) is 11.3 Å². The van der Waals surface area contributed by atoms with Crippen molar-refractivity contribution in [3.63, 3.8) is 0 Å². The van der Waals surface area contributed by atoms with E-state index < -0.39 is 0 Å². The predicted octanol–water partition coefficient (Wildman–Crippen LogP) is 3.94. The third-order valence-electron chi connectivity index (χ3n) is 5.26. The number of nitrogens with one attached hydrogen (secondary N) is 1. The van der Waals surface area contributed by atoms with Crippen molar-refractivity contribution in [1.29, 1.82) is 0 Å². The Kier molecular flexibility index (Phi) is 4.77. The van der Waals surface area contributed by atoms with Crippen molar-refractivity contribution in [2.24, 2.45) is 0 Å². The molecule has 1 fully saturated rings. The van der Waals surface area contributed by atoms with Gasteiger partial charge in [-0.1, -0.05) is 6.07 Å². The second-order valence-electron chi connectivity index (χ2n) is 7.19. The predicted molar refractivity (Wildman–Crippen MR) is 116 cm³/mol. The molecular weight excluding hydrogens is 376 g/mol. The summed E-state index contributed by atoms with van der Waals surface area (Å²) in [7, 11) is 0. The molecule has 1 amide bonds. The van der Waals surface area contributed by atoms with E-state index in [9.17, 15) is 4.79 Å². The van der Waals surface area contributed by atoms with E-state index in [1.54, 1.807) is 24.8 Å². The maximum atomic E-state index is 13.2. The van der Waals surface area contributed by atoms with Crippen LogP contribution in [-0.4, -0.2) is 38.9 Å². The molecule has 1 N–H and O–H groups in total. The van der Waals surface area contributed by atoms with Crippen LogP contribution in [0.1, 0.15) is 23.2 Å². The van der Waals surface area contributed by atoms with Crippen molar-refractivity contribution in [2.75, 3.05) is 23.3 Å². The van der Waals surface area contributed by atoms with Gasteiger partial charge in [-0.05, 0) is 49.2 Å². The van der Waals surface area contributed by atoms with Gasteiger partial charge in [0.05, 0.1) is 22.5 Å². The van der Waals surface area contributed by atoms with Crippen LogP contribution in [0.4, 0.5) is 11.6 Å². The van der Waals surface area contributed by atoms with Crippen LogP contribution in [0.25, 0.3) is 22.2 Å². The number of carbonyl (C=O) groups excluding carboxylic acids is 1. The minimum absolute atomic E-state index is 0.258. The van der Waals surface area contributed by atoms with Crippen molar-refractivity contribution < 1.29 is 4.79 Å². The van der Waals surface area contributed by atoms with Crippen LogP contribution in [-0.2, 0) is 0 Å². The lowest BCUT2D eigenvalue weighted by Crippen LogP contribution is -2.22. The standard InChI is InChI=1S/C23H20N6O/c30-22(27-20-7-3-6-19-17(20)5-4-10-25-19)18-15-26-23(29-13-1-2-14-29)28-21(18)16-8-11-24-12-9-16/h3-12,15H,1-2,13-14H2,(H,27,30). The molecule has 5 rings (SSSR count). The van der Waals surface area contributed by atoms with Crippen LogP contribution in [0.2, 0.25) is 0 Å². The van der Waals surface area contributed by atoms with Gasteiger partial charge in [-0.2, -0.15) is 0 Å². The van der Waals surface area contributed by atoms with Crippen LogP contribution in [0.5, 0.6) is 0 Å². The third-order valence-corrected chi connectivity index (χ3v) is 5.26. The summed E-state index contributed by atoms with van der Waals surface area (Å²) in [6.45, 7) is 1.87. The van der Waals surface area contributed by atoms with Gasteiger partial charge in [-0.15, -0.1) is 0 Å². The molecule has 1 saturated heterocycles. The van der Waals surface area contributed by atoms with E-state index in [0.717, 1.165) is 42.4 Å². The average Bonchev–Trinajstić information content (AvgIpc) is 3.35. The van der Waals surface area contributed by atoms with Gasteiger partial charge in [-0.3, -0.25) is 14.8 Å². The molecule has 30 heavy (non-hydrogen) atoms. The Morgan fingerprint density at radius 1 is 0.933 bits per heavy atom. The van der Waals surface area contributed by atoms with Gasteiger partial charge in [-0.25, -0.2) is 9.97 Å². The summed E-state index contributed by atoms with van der Waals surface area (Å²) in [6.07, 6.45) is 9.02. The Labute approximate surface area is 173 Å². The summed E-state index contributed by atoms with van der Waals surface area (Å²) in [6, 6.07) is 13.2. The normalized spacial score (nSPS) is 13.5. The van der Waals surface area contributed by atoms with Gasteiger partial charge in [0.2, 0.25) is 5.95 Å². The van der Waals surface area contributed by atoms with Gasteiger partial charge in [0.15, 0.2) is 0 Å². The van der Waals surface area contributed by atoms with Crippen molar-refractivity contribution in [2.45, 2.75) is 12.8 Å². The Morgan fingerprint density at radius 2 is 1.77 bits per heavy atom. The van der Waals surface area contributed by atoms with Crippen LogP contribution in [0, 0.1) is 0 Å². The van der Waals surface area contributed by atoms with Crippen LogP contribution >= 0.6 is 0 Å². The number of rotatable bonds is 4. The molecule has 1 aromatic carbocycles. The minimum atomic E-state index is -0.258. The average molecular weight is 396 g/mol. The smallest absolute Gasteiger partial charge is 0.259 e. The zero-order chi connectivity index (χ0) is 20.3. The highest BCUT2D eigenvalue weighted by atomic mass is 16.1. The Bertz CT molecular complexity index is 1200. The maximum Gasteiger partial charge on any atom is 0.259 e. The van der Waals surface area contributed by atoms with E-state index in [2.05, 4.69) is 25.2 Å². The number of nitrogens with zero attached hydrogens (tertiary/aromatic N) is 5. The number of pyridine rings is 2. The minimum Gasteiger partial charge on any atom is -0.341 e. The molecule has 0 unspecified atom stereocenters. The van der Waals surface area contributed by atoms with E-state index in [1.165, 1.54) is 0 Å². The first kappa shape index (κ1) is 18.2. The number of benzene rings is 1. The zero-order valence-electron chi connectivity index (χ0n) is 16.3. The summed E-state index contributed by atoms with van der Waals surface area (Å²) in [4.78, 5) is 33.1. The molecule has 1 aliphatic heterocycles. The molecular formula is C23H20N6O. The molecule has 4 aromatic rings. The summed E-state index contributed by atoms with van der Waals surface area (Å²) in [5.74, 6) is 0.399. The SMILES string of the molecule is O=C(Nc1cccc2ncccc12)c1cnc(N2CCCC2)nc1-c1ccncc1. The molecule has 148 valence electrons. The highest BCUT2D eigenvalue weighted by molar-refractivity contribution is 6.11. The van der Waals surface area contributed by atoms with Gasteiger partial charge < -0.3 is 10.2 Å². The van der Waals surface area contributed by atoms with E-state index >= 15 is 0 Å². The Balaban J connectivity index is 1.54. The monoisotopic (exact) mass is 396 g/mol. The van der Waals surface area contributed by atoms with Crippen molar-refractivity contribution in [3.05, 3.63) is 72.8 Å². The van der Waals surface area contributed by atoms with Crippen LogP contribution < -0.4 is 10.2 Å². The molecule has 0 saturated carbocycles. The first-order valence-corrected chi connectivity index (χ1v) is 9.97. The first-order valence-electron chi connectivity index (χ1n) is 9.97. The number of anilines is 2. The fourth-order valence-corrected chi connectivity index (χ4v) is 3.74. The topological polar surface area (TPSA) is 83.9 Å². The fraction of sp³-hybridized carbons (Fsp3) is 0.174. The maximum absolute atomic E-state index is 13.2. The molecule has 3 aromatic heterocycles. The van der Waals surface area contributed by atoms with E-state index in [4.69, 9.17) is 4.98 Å². The van der Waals surface area contributed by atoms with Crippen molar-refractivity contribution in [1.82, 2.24) is 19.9 Å². The third kappa shape index (κ3) is 3.45. The second-order valence-corrected chi connectivity index (χ2v) is 7.19. The molecule has 0 radical (unpaired) electrons. The molecule has 7 nitrogen and oxygen atoms in total. The number of fused-ring (bicyclic) bond motifs is 1. The van der Waals surface area contributed by atoms with Gasteiger partial charge >= 0.3 is 0 Å². The number of amides is 1. The molecule has 4 heterocycles. The van der Waals surface area contributed by atoms with Crippen molar-refractivity contribution >= 4 is 28.4 Å². The first-order chi connectivity index (χ1) is 14.8. The van der Waals surface area contributed by atoms with Crippen LogP contribution in [0.15, 0.2) is 67.3 Å². The highest BCUT2D eigenvalue weighted by Crippen LogP contribution is 2.27. The largest absolute Gasteiger partial charge is 0.341 e. The highest BCUT2D eigenvalue weighted by Gasteiger charge is 2.21. The molecule has 0 spiro atoms. The summed E-state index contributed by atoms with van der Waals surface area (Å²) >= 11 is 0. The fourth-order valence-electron chi connectivity index (χ4n) is 3.74. The molecule has 7 heteroatoms. The Hall–Kier alpha value is -3.87. The summed E-state index contributed by atoms with van der Waals surface area (Å²) in [5.41, 5.74) is 3.38. The number of carbonyl (C=O) groups is 1. The molecule has 0 atom stereocenters. The number of hydrogen-bond acceptors (Lipinski definition) is 6. The van der Waals surface area contributed by atoms with Gasteiger partial charge in [0.25, 0.3) is 5.91 Å². The van der Waals surface area contributed by atoms with E-state index in [-0.39, 0.29) is 5.91 Å². The number of aromatic nitrogens is 4. The molecule has 1 aliphatic rings.